The summed E-state index contributed by atoms with van der Waals surface area (Å²) in [6.45, 7) is 0. The normalized spacial score (nSPS) is 9.04. The van der Waals surface area contributed by atoms with Gasteiger partial charge >= 0.3 is 0 Å². The number of nitrogens with two attached hydrogens (primary N) is 4. The maximum atomic E-state index is 10.4. The number of para-hydroxylation sites is 2. The van der Waals surface area contributed by atoms with E-state index in [2.05, 4.69) is 19.9 Å². The number of rotatable bonds is 4. The van der Waals surface area contributed by atoms with E-state index in [9.17, 15) is 19.2 Å². The van der Waals surface area contributed by atoms with Gasteiger partial charge in [-0.2, -0.15) is 0 Å². The maximum Gasteiger partial charge on any atom is 0.248 e. The standard InChI is InChI=1S/4C6H6N2O.2C6H6O3/c4*7-6(9)5-1-3-8-4-2-5;2*7-4-2-1-3-5(8)6(4)9/h4*1-4H,(H2,7,9);2*1-3,7-9H. The van der Waals surface area contributed by atoms with Crippen LogP contribution in [0.5, 0.6) is 34.5 Å². The summed E-state index contributed by atoms with van der Waals surface area (Å²) >= 11 is 0. The van der Waals surface area contributed by atoms with Gasteiger partial charge in [0.25, 0.3) is 0 Å². The van der Waals surface area contributed by atoms with Crippen molar-refractivity contribution in [1.82, 2.24) is 19.9 Å². The molecule has 0 atom stereocenters. The van der Waals surface area contributed by atoms with Crippen LogP contribution < -0.4 is 22.9 Å². The smallest absolute Gasteiger partial charge is 0.248 e. The van der Waals surface area contributed by atoms with E-state index >= 15 is 0 Å². The minimum atomic E-state index is -0.475. The Bertz CT molecular complexity index is 1760. The fourth-order valence-electron chi connectivity index (χ4n) is 3.10. The van der Waals surface area contributed by atoms with Crippen LogP contribution in [0.4, 0.5) is 0 Å². The topological polar surface area (TPSA) is 345 Å². The van der Waals surface area contributed by atoms with E-state index in [0.29, 0.717) is 22.3 Å². The molecule has 4 amide bonds. The van der Waals surface area contributed by atoms with E-state index in [1.807, 2.05) is 0 Å². The van der Waals surface area contributed by atoms with Gasteiger partial charge in [0, 0.05) is 71.8 Å². The molecule has 54 heavy (non-hydrogen) atoms. The van der Waals surface area contributed by atoms with E-state index in [4.69, 9.17) is 53.6 Å². The number of carbonyl (C=O) groups is 4. The van der Waals surface area contributed by atoms with Crippen LogP contribution in [0.25, 0.3) is 0 Å². The van der Waals surface area contributed by atoms with Crippen molar-refractivity contribution in [1.29, 1.82) is 0 Å². The van der Waals surface area contributed by atoms with Crippen LogP contribution >= 0.6 is 0 Å². The van der Waals surface area contributed by atoms with E-state index in [0.717, 1.165) is 0 Å². The monoisotopic (exact) mass is 740 g/mol. The lowest BCUT2D eigenvalue weighted by Gasteiger charge is -1.96. The number of hydrogen-bond donors (Lipinski definition) is 10. The number of carbonyl (C=O) groups excluding carboxylic acids is 4. The molecule has 0 aliphatic carbocycles. The quantitative estimate of drug-likeness (QED) is 0.116. The van der Waals surface area contributed by atoms with Gasteiger partial charge in [0.2, 0.25) is 23.6 Å². The van der Waals surface area contributed by atoms with Crippen molar-refractivity contribution >= 4 is 23.6 Å². The van der Waals surface area contributed by atoms with Gasteiger partial charge in [-0.25, -0.2) is 0 Å². The number of aromatic hydroxyl groups is 6. The van der Waals surface area contributed by atoms with E-state index in [1.165, 1.54) is 86.0 Å². The molecular weight excluding hydrogens is 704 g/mol. The number of hydrogen-bond acceptors (Lipinski definition) is 14. The molecule has 18 heteroatoms. The van der Waals surface area contributed by atoms with E-state index in [-0.39, 0.29) is 23.0 Å². The fraction of sp³-hybridized carbons (Fsp3) is 0. The zero-order valence-electron chi connectivity index (χ0n) is 28.1. The molecule has 2 aromatic carbocycles. The summed E-state index contributed by atoms with van der Waals surface area (Å²) in [4.78, 5) is 56.5. The molecule has 0 spiro atoms. The van der Waals surface area contributed by atoms with Crippen LogP contribution in [-0.4, -0.2) is 74.2 Å². The SMILES string of the molecule is NC(=O)c1ccncc1.NC(=O)c1ccncc1.NC(=O)c1ccncc1.NC(=O)c1ccncc1.Oc1cccc(O)c1O.Oc1cccc(O)c1O. The Kier molecular flexibility index (Phi) is 19.4. The molecule has 6 rings (SSSR count). The summed E-state index contributed by atoms with van der Waals surface area (Å²) in [6.07, 6.45) is 12.2. The van der Waals surface area contributed by atoms with E-state index in [1.54, 1.807) is 48.5 Å². The number of phenols is 6. The van der Waals surface area contributed by atoms with Crippen molar-refractivity contribution in [3.63, 3.8) is 0 Å². The Morgan fingerprint density at radius 2 is 0.500 bits per heavy atom. The van der Waals surface area contributed by atoms with Crippen molar-refractivity contribution in [3.05, 3.63) is 157 Å². The molecule has 0 aliphatic rings. The minimum Gasteiger partial charge on any atom is -0.504 e. The van der Waals surface area contributed by atoms with Crippen molar-refractivity contribution in [2.45, 2.75) is 0 Å². The Balaban J connectivity index is 0.000000324. The molecule has 6 aromatic rings. The summed E-state index contributed by atoms with van der Waals surface area (Å²) in [7, 11) is 0. The van der Waals surface area contributed by atoms with Crippen molar-refractivity contribution < 1.29 is 49.8 Å². The highest BCUT2D eigenvalue weighted by Crippen LogP contribution is 2.33. The summed E-state index contributed by atoms with van der Waals surface area (Å²) in [5.41, 5.74) is 21.8. The number of pyridine rings is 4. The molecule has 0 bridgehead atoms. The maximum absolute atomic E-state index is 10.4. The predicted molar refractivity (Wildman–Crippen MR) is 194 cm³/mol. The number of benzene rings is 2. The second-order valence-electron chi connectivity index (χ2n) is 9.69. The molecular formula is C36H36N8O10. The van der Waals surface area contributed by atoms with Gasteiger partial charge < -0.3 is 53.6 Å². The first-order valence-electron chi connectivity index (χ1n) is 14.8. The summed E-state index contributed by atoms with van der Waals surface area (Å²) in [5, 5.41) is 52.2. The lowest BCUT2D eigenvalue weighted by atomic mass is 10.3. The molecule has 0 saturated heterocycles. The first-order chi connectivity index (χ1) is 25.6. The zero-order chi connectivity index (χ0) is 40.5. The van der Waals surface area contributed by atoms with Gasteiger partial charge in [-0.1, -0.05) is 12.1 Å². The molecule has 4 aromatic heterocycles. The molecule has 0 radical (unpaired) electrons. The highest BCUT2D eigenvalue weighted by Gasteiger charge is 2.02. The van der Waals surface area contributed by atoms with Gasteiger partial charge in [0.15, 0.2) is 34.5 Å². The van der Waals surface area contributed by atoms with Crippen LogP contribution in [0, 0.1) is 0 Å². The van der Waals surface area contributed by atoms with Crippen LogP contribution in [0.15, 0.2) is 135 Å². The largest absolute Gasteiger partial charge is 0.504 e. The molecule has 0 fully saturated rings. The van der Waals surface area contributed by atoms with Crippen LogP contribution in [0.2, 0.25) is 0 Å². The number of phenolic OH excluding ortho intramolecular Hbond substituents is 6. The summed E-state index contributed by atoms with van der Waals surface area (Å²) in [5.74, 6) is -3.87. The molecule has 0 aliphatic heterocycles. The number of aromatic nitrogens is 4. The van der Waals surface area contributed by atoms with Gasteiger partial charge in [-0.3, -0.25) is 39.1 Å². The second-order valence-corrected chi connectivity index (χ2v) is 9.69. The van der Waals surface area contributed by atoms with Crippen LogP contribution in [0.3, 0.4) is 0 Å². The van der Waals surface area contributed by atoms with Crippen molar-refractivity contribution in [3.8, 4) is 34.5 Å². The molecule has 14 N–H and O–H groups in total. The van der Waals surface area contributed by atoms with Crippen LogP contribution in [0.1, 0.15) is 41.4 Å². The second kappa shape index (κ2) is 24.0. The van der Waals surface area contributed by atoms with Gasteiger partial charge in [0.05, 0.1) is 0 Å². The fourth-order valence-corrected chi connectivity index (χ4v) is 3.10. The molecule has 0 unspecified atom stereocenters. The highest BCUT2D eigenvalue weighted by atomic mass is 16.3. The van der Waals surface area contributed by atoms with Gasteiger partial charge in [-0.05, 0) is 72.8 Å². The number of amides is 4. The first-order valence-corrected chi connectivity index (χ1v) is 14.8. The van der Waals surface area contributed by atoms with Crippen molar-refractivity contribution in [2.75, 3.05) is 0 Å². The minimum absolute atomic E-state index is 0.310. The Morgan fingerprint density at radius 1 is 0.333 bits per heavy atom. The molecule has 18 nitrogen and oxygen atoms in total. The van der Waals surface area contributed by atoms with Gasteiger partial charge in [-0.15, -0.1) is 0 Å². The molecule has 0 saturated carbocycles. The van der Waals surface area contributed by atoms with Gasteiger partial charge in [0.1, 0.15) is 0 Å². The summed E-state index contributed by atoms with van der Waals surface area (Å²) in [6, 6.07) is 20.6. The zero-order valence-corrected chi connectivity index (χ0v) is 28.1. The molecule has 4 heterocycles. The Labute approximate surface area is 307 Å². The predicted octanol–water partition coefficient (Wildman–Crippen LogP) is 2.33. The molecule has 280 valence electrons. The lowest BCUT2D eigenvalue weighted by molar-refractivity contribution is 0.0991. The summed E-state index contributed by atoms with van der Waals surface area (Å²) < 4.78 is 0. The average molecular weight is 741 g/mol. The van der Waals surface area contributed by atoms with Crippen LogP contribution in [-0.2, 0) is 0 Å². The third kappa shape index (κ3) is 17.4. The highest BCUT2D eigenvalue weighted by molar-refractivity contribution is 5.93. The third-order valence-electron chi connectivity index (χ3n) is 5.85. The first kappa shape index (κ1) is 43.7. The average Bonchev–Trinajstić information content (AvgIpc) is 3.18. The van der Waals surface area contributed by atoms with E-state index < -0.39 is 35.1 Å². The Morgan fingerprint density at radius 3 is 0.611 bits per heavy atom. The lowest BCUT2D eigenvalue weighted by Crippen LogP contribution is -2.10. The number of primary amides is 4. The number of nitrogens with zero attached hydrogens (tertiary/aromatic N) is 4. The third-order valence-corrected chi connectivity index (χ3v) is 5.85. The van der Waals surface area contributed by atoms with Crippen molar-refractivity contribution in [2.24, 2.45) is 22.9 Å². The Hall–Kier alpha value is -8.28.